The molecule has 102 valence electrons. The molecule has 7 heteroatoms. The van der Waals surface area contributed by atoms with Crippen molar-refractivity contribution in [1.82, 2.24) is 4.57 Å². The molecule has 0 radical (unpaired) electrons. The molecule has 0 aliphatic heterocycles. The van der Waals surface area contributed by atoms with Gasteiger partial charge in [-0.2, -0.15) is 13.2 Å². The number of hydrogen-bond donors (Lipinski definition) is 0. The van der Waals surface area contributed by atoms with Crippen LogP contribution in [0.4, 0.5) is 13.2 Å². The molecule has 0 aliphatic carbocycles. The Morgan fingerprint density at radius 3 is 2.53 bits per heavy atom. The maximum absolute atomic E-state index is 12.7. The number of carbonyl (C=O) groups is 1. The number of aromatic nitrogens is 1. The van der Waals surface area contributed by atoms with Gasteiger partial charge in [-0.25, -0.2) is 4.79 Å². The van der Waals surface area contributed by atoms with Crippen molar-refractivity contribution < 1.29 is 22.7 Å². The minimum atomic E-state index is -4.42. The number of esters is 1. The number of hydrogen-bond acceptors (Lipinski definition) is 2. The average Bonchev–Trinajstić information content (AvgIpc) is 2.60. The molecule has 0 saturated carbocycles. The molecule has 19 heavy (non-hydrogen) atoms. The van der Waals surface area contributed by atoms with Crippen LogP contribution in [-0.4, -0.2) is 17.6 Å². The highest BCUT2D eigenvalue weighted by atomic mass is 79.9. The molecule has 1 heterocycles. The maximum Gasteiger partial charge on any atom is 0.416 e. The Labute approximate surface area is 115 Å². The molecule has 0 aliphatic rings. The molecule has 0 fully saturated rings. The van der Waals surface area contributed by atoms with E-state index in [0.29, 0.717) is 15.4 Å². The second kappa shape index (κ2) is 4.56. The van der Waals surface area contributed by atoms with E-state index in [1.165, 1.54) is 17.7 Å². The number of ether oxygens (including phenoxy) is 1. The third-order valence-corrected chi connectivity index (χ3v) is 3.65. The van der Waals surface area contributed by atoms with Crippen molar-refractivity contribution in [1.29, 1.82) is 0 Å². The molecule has 0 saturated heterocycles. The zero-order valence-corrected chi connectivity index (χ0v) is 11.6. The number of methoxy groups -OCH3 is 1. The number of halogens is 4. The van der Waals surface area contributed by atoms with Crippen molar-refractivity contribution in [2.45, 2.75) is 6.18 Å². The fourth-order valence-corrected chi connectivity index (χ4v) is 2.64. The summed E-state index contributed by atoms with van der Waals surface area (Å²) in [5.41, 5.74) is -0.0696. The fourth-order valence-electron chi connectivity index (χ4n) is 1.90. The standard InChI is InChI=1S/C12H9BrF3NO2/c1-17-8-4-3-6(12(14,15)16)5-7(8)9(13)10(17)11(18)19-2/h3-5H,1-2H3. The minimum Gasteiger partial charge on any atom is -0.464 e. The first-order valence-corrected chi connectivity index (χ1v) is 6.00. The highest BCUT2D eigenvalue weighted by molar-refractivity contribution is 9.10. The molecule has 0 atom stereocenters. The van der Waals surface area contributed by atoms with E-state index in [4.69, 9.17) is 0 Å². The monoisotopic (exact) mass is 335 g/mol. The Kier molecular flexibility index (Phi) is 3.34. The summed E-state index contributed by atoms with van der Waals surface area (Å²) in [6.07, 6.45) is -4.42. The fraction of sp³-hybridized carbons (Fsp3) is 0.250. The Balaban J connectivity index is 2.75. The van der Waals surface area contributed by atoms with E-state index in [0.717, 1.165) is 12.1 Å². The van der Waals surface area contributed by atoms with Gasteiger partial charge in [-0.1, -0.05) is 0 Å². The van der Waals surface area contributed by atoms with E-state index in [9.17, 15) is 18.0 Å². The van der Waals surface area contributed by atoms with E-state index in [2.05, 4.69) is 20.7 Å². The van der Waals surface area contributed by atoms with Gasteiger partial charge in [0, 0.05) is 18.0 Å². The molecule has 2 rings (SSSR count). The Bertz CT molecular complexity index is 661. The lowest BCUT2D eigenvalue weighted by Gasteiger charge is -2.06. The molecular formula is C12H9BrF3NO2. The lowest BCUT2D eigenvalue weighted by Crippen LogP contribution is -2.07. The summed E-state index contributed by atoms with van der Waals surface area (Å²) in [6.45, 7) is 0. The first-order chi connectivity index (χ1) is 8.77. The number of alkyl halides is 3. The molecule has 0 bridgehead atoms. The van der Waals surface area contributed by atoms with Crippen LogP contribution in [0, 0.1) is 0 Å². The van der Waals surface area contributed by atoms with Gasteiger partial charge < -0.3 is 9.30 Å². The largest absolute Gasteiger partial charge is 0.464 e. The predicted molar refractivity (Wildman–Crippen MR) is 67.0 cm³/mol. The van der Waals surface area contributed by atoms with Crippen LogP contribution in [0.2, 0.25) is 0 Å². The van der Waals surface area contributed by atoms with Gasteiger partial charge in [-0.05, 0) is 34.1 Å². The molecule has 3 nitrogen and oxygen atoms in total. The highest BCUT2D eigenvalue weighted by Gasteiger charge is 2.31. The third-order valence-electron chi connectivity index (χ3n) is 2.84. The number of fused-ring (bicyclic) bond motifs is 1. The van der Waals surface area contributed by atoms with Gasteiger partial charge in [-0.15, -0.1) is 0 Å². The third kappa shape index (κ3) is 2.22. The zero-order valence-electron chi connectivity index (χ0n) is 10.0. The quantitative estimate of drug-likeness (QED) is 0.743. The summed E-state index contributed by atoms with van der Waals surface area (Å²) < 4.78 is 44.4. The van der Waals surface area contributed by atoms with Crippen molar-refractivity contribution in [2.75, 3.05) is 7.11 Å². The summed E-state index contributed by atoms with van der Waals surface area (Å²) >= 11 is 3.16. The van der Waals surface area contributed by atoms with Crippen LogP contribution in [0.25, 0.3) is 10.9 Å². The smallest absolute Gasteiger partial charge is 0.416 e. The first-order valence-electron chi connectivity index (χ1n) is 5.20. The summed E-state index contributed by atoms with van der Waals surface area (Å²) in [6, 6.07) is 3.32. The van der Waals surface area contributed by atoms with Gasteiger partial charge in [0.25, 0.3) is 0 Å². The maximum atomic E-state index is 12.7. The van der Waals surface area contributed by atoms with E-state index in [1.54, 1.807) is 7.05 Å². The number of rotatable bonds is 1. The molecule has 0 unspecified atom stereocenters. The number of benzene rings is 1. The topological polar surface area (TPSA) is 31.2 Å². The van der Waals surface area contributed by atoms with Gasteiger partial charge in [0.1, 0.15) is 5.69 Å². The lowest BCUT2D eigenvalue weighted by molar-refractivity contribution is -0.137. The highest BCUT2D eigenvalue weighted by Crippen LogP contribution is 2.36. The summed E-state index contributed by atoms with van der Waals surface area (Å²) in [5, 5.41) is 0.317. The zero-order chi connectivity index (χ0) is 14.4. The van der Waals surface area contributed by atoms with Crippen LogP contribution in [0.1, 0.15) is 16.1 Å². The van der Waals surface area contributed by atoms with Crippen LogP contribution in [0.5, 0.6) is 0 Å². The molecule has 0 amide bonds. The molecule has 1 aromatic carbocycles. The van der Waals surface area contributed by atoms with E-state index in [1.807, 2.05) is 0 Å². The van der Waals surface area contributed by atoms with Crippen molar-refractivity contribution in [3.8, 4) is 0 Å². The van der Waals surface area contributed by atoms with Gasteiger partial charge in [0.2, 0.25) is 0 Å². The van der Waals surface area contributed by atoms with Crippen molar-refractivity contribution in [3.05, 3.63) is 33.9 Å². The van der Waals surface area contributed by atoms with Crippen LogP contribution in [0.15, 0.2) is 22.7 Å². The SMILES string of the molecule is COC(=O)c1c(Br)c2cc(C(F)(F)F)ccc2n1C. The molecule has 0 N–H and O–H groups in total. The van der Waals surface area contributed by atoms with Crippen molar-refractivity contribution in [3.63, 3.8) is 0 Å². The van der Waals surface area contributed by atoms with Crippen molar-refractivity contribution in [2.24, 2.45) is 7.05 Å². The van der Waals surface area contributed by atoms with Gasteiger partial charge in [0.15, 0.2) is 0 Å². The Hall–Kier alpha value is -1.50. The van der Waals surface area contributed by atoms with Crippen LogP contribution < -0.4 is 0 Å². The van der Waals surface area contributed by atoms with Crippen molar-refractivity contribution >= 4 is 32.8 Å². The summed E-state index contributed by atoms with van der Waals surface area (Å²) in [7, 11) is 2.81. The minimum absolute atomic E-state index is 0.178. The number of carbonyl (C=O) groups excluding carboxylic acids is 1. The second-order valence-electron chi connectivity index (χ2n) is 3.94. The van der Waals surface area contributed by atoms with Crippen LogP contribution >= 0.6 is 15.9 Å². The van der Waals surface area contributed by atoms with E-state index < -0.39 is 17.7 Å². The lowest BCUT2D eigenvalue weighted by atomic mass is 10.1. The number of aryl methyl sites for hydroxylation is 1. The number of nitrogens with zero attached hydrogens (tertiary/aromatic N) is 1. The molecule has 0 spiro atoms. The summed E-state index contributed by atoms with van der Waals surface area (Å²) in [5.74, 6) is -0.612. The average molecular weight is 336 g/mol. The molecule has 1 aromatic heterocycles. The molecule has 2 aromatic rings. The van der Waals surface area contributed by atoms with Crippen LogP contribution in [-0.2, 0) is 18.0 Å². The Morgan fingerprint density at radius 1 is 1.37 bits per heavy atom. The van der Waals surface area contributed by atoms with Crippen LogP contribution in [0.3, 0.4) is 0 Å². The van der Waals surface area contributed by atoms with E-state index >= 15 is 0 Å². The second-order valence-corrected chi connectivity index (χ2v) is 4.74. The van der Waals surface area contributed by atoms with Gasteiger partial charge in [0.05, 0.1) is 17.1 Å². The molecular weight excluding hydrogens is 327 g/mol. The predicted octanol–water partition coefficient (Wildman–Crippen LogP) is 3.75. The first kappa shape index (κ1) is 13.9. The van der Waals surface area contributed by atoms with E-state index in [-0.39, 0.29) is 5.69 Å². The Morgan fingerprint density at radius 2 is 2.00 bits per heavy atom. The van der Waals surface area contributed by atoms with Gasteiger partial charge >= 0.3 is 12.1 Å². The summed E-state index contributed by atoms with van der Waals surface area (Å²) in [4.78, 5) is 11.6. The van der Waals surface area contributed by atoms with Gasteiger partial charge in [-0.3, -0.25) is 0 Å². The normalized spacial score (nSPS) is 11.9.